The van der Waals surface area contributed by atoms with E-state index in [4.69, 9.17) is 4.74 Å². The highest BCUT2D eigenvalue weighted by molar-refractivity contribution is 6.02. The van der Waals surface area contributed by atoms with Crippen LogP contribution in [0, 0.1) is 0 Å². The van der Waals surface area contributed by atoms with E-state index in [0.717, 1.165) is 12.0 Å². The van der Waals surface area contributed by atoms with Crippen molar-refractivity contribution >= 4 is 5.78 Å². The van der Waals surface area contributed by atoms with E-state index in [9.17, 15) is 4.79 Å². The van der Waals surface area contributed by atoms with Crippen LogP contribution in [0.15, 0.2) is 18.2 Å². The molecule has 0 bridgehead atoms. The highest BCUT2D eigenvalue weighted by Gasteiger charge is 2.20. The van der Waals surface area contributed by atoms with Gasteiger partial charge in [-0.1, -0.05) is 26.8 Å². The van der Waals surface area contributed by atoms with E-state index in [0.29, 0.717) is 17.2 Å². The molecular formula is C15H23NO2. The highest BCUT2D eigenvalue weighted by atomic mass is 16.5. The number of rotatable bonds is 6. The van der Waals surface area contributed by atoms with Crippen LogP contribution in [0.5, 0.6) is 5.75 Å². The normalized spacial score (nSPS) is 12.6. The third-order valence-corrected chi connectivity index (χ3v) is 3.23. The van der Waals surface area contributed by atoms with Gasteiger partial charge in [-0.25, -0.2) is 0 Å². The second-order valence-electron chi connectivity index (χ2n) is 4.73. The lowest BCUT2D eigenvalue weighted by atomic mass is 9.95. The molecule has 0 aliphatic rings. The number of likely N-dealkylation sites (N-methyl/N-ethyl adjacent to an activating group) is 1. The van der Waals surface area contributed by atoms with E-state index in [1.807, 2.05) is 32.2 Å². The Labute approximate surface area is 110 Å². The summed E-state index contributed by atoms with van der Waals surface area (Å²) in [5.41, 5.74) is 1.83. The number of carbonyl (C=O) groups excluding carboxylic acids is 1. The summed E-state index contributed by atoms with van der Waals surface area (Å²) in [6.07, 6.45) is 0.768. The maximum Gasteiger partial charge on any atom is 0.183 e. The zero-order valence-corrected chi connectivity index (χ0v) is 11.9. The second-order valence-corrected chi connectivity index (χ2v) is 4.73. The fourth-order valence-electron chi connectivity index (χ4n) is 1.99. The number of hydrogen-bond acceptors (Lipinski definition) is 3. The first-order chi connectivity index (χ1) is 8.54. The van der Waals surface area contributed by atoms with Crippen molar-refractivity contribution in [3.05, 3.63) is 29.3 Å². The number of nitrogens with one attached hydrogen (secondary N) is 1. The Morgan fingerprint density at radius 3 is 2.50 bits per heavy atom. The van der Waals surface area contributed by atoms with Gasteiger partial charge in [0.05, 0.1) is 18.7 Å². The first-order valence-corrected chi connectivity index (χ1v) is 6.44. The van der Waals surface area contributed by atoms with E-state index in [2.05, 4.69) is 19.2 Å². The van der Waals surface area contributed by atoms with Crippen molar-refractivity contribution in [3.8, 4) is 5.75 Å². The molecule has 0 aliphatic carbocycles. The molecule has 0 saturated carbocycles. The van der Waals surface area contributed by atoms with Crippen LogP contribution in [0.25, 0.3) is 0 Å². The zero-order chi connectivity index (χ0) is 13.7. The summed E-state index contributed by atoms with van der Waals surface area (Å²) in [5, 5.41) is 3.04. The Morgan fingerprint density at radius 2 is 2.06 bits per heavy atom. The highest BCUT2D eigenvalue weighted by Crippen LogP contribution is 2.25. The Balaban J connectivity index is 3.19. The minimum atomic E-state index is -0.152. The minimum absolute atomic E-state index is 0.0966. The van der Waals surface area contributed by atoms with Gasteiger partial charge in [-0.15, -0.1) is 0 Å². The molecule has 1 aromatic carbocycles. The van der Waals surface area contributed by atoms with E-state index in [1.54, 1.807) is 7.11 Å². The average Bonchev–Trinajstić information content (AvgIpc) is 2.39. The monoisotopic (exact) mass is 249 g/mol. The van der Waals surface area contributed by atoms with Gasteiger partial charge >= 0.3 is 0 Å². The molecule has 0 radical (unpaired) electrons. The van der Waals surface area contributed by atoms with Crippen molar-refractivity contribution in [3.63, 3.8) is 0 Å². The predicted octanol–water partition coefficient (Wildman–Crippen LogP) is 3.00. The molecule has 1 aromatic rings. The molecule has 0 heterocycles. The van der Waals surface area contributed by atoms with Gasteiger partial charge < -0.3 is 10.1 Å². The molecule has 100 valence electrons. The maximum atomic E-state index is 12.4. The van der Waals surface area contributed by atoms with Crippen LogP contribution in [0.4, 0.5) is 0 Å². The molecule has 0 aliphatic heterocycles. The molecular weight excluding hydrogens is 226 g/mol. The van der Waals surface area contributed by atoms with E-state index < -0.39 is 0 Å². The number of benzene rings is 1. The van der Waals surface area contributed by atoms with Crippen molar-refractivity contribution in [2.45, 2.75) is 39.2 Å². The predicted molar refractivity (Wildman–Crippen MR) is 74.6 cm³/mol. The molecule has 0 amide bonds. The number of ketones is 1. The van der Waals surface area contributed by atoms with Gasteiger partial charge in [0.25, 0.3) is 0 Å². The second kappa shape index (κ2) is 6.55. The van der Waals surface area contributed by atoms with Crippen LogP contribution in [0.3, 0.4) is 0 Å². The average molecular weight is 249 g/mol. The fourth-order valence-corrected chi connectivity index (χ4v) is 1.99. The number of hydrogen-bond donors (Lipinski definition) is 1. The van der Waals surface area contributed by atoms with Gasteiger partial charge in [-0.05, 0) is 37.1 Å². The lowest BCUT2D eigenvalue weighted by Crippen LogP contribution is -2.33. The molecule has 0 fully saturated rings. The molecule has 0 spiro atoms. The van der Waals surface area contributed by atoms with Crippen molar-refractivity contribution < 1.29 is 9.53 Å². The summed E-state index contributed by atoms with van der Waals surface area (Å²) in [5.74, 6) is 1.15. The summed E-state index contributed by atoms with van der Waals surface area (Å²) < 4.78 is 5.29. The summed E-state index contributed by atoms with van der Waals surface area (Å²) in [6, 6.07) is 5.69. The third kappa shape index (κ3) is 3.10. The molecule has 1 N–H and O–H groups in total. The van der Waals surface area contributed by atoms with Crippen molar-refractivity contribution in [1.82, 2.24) is 5.32 Å². The number of methoxy groups -OCH3 is 1. The third-order valence-electron chi connectivity index (χ3n) is 3.23. The lowest BCUT2D eigenvalue weighted by molar-refractivity contribution is 0.0942. The van der Waals surface area contributed by atoms with Crippen LogP contribution >= 0.6 is 0 Å². The lowest BCUT2D eigenvalue weighted by Gasteiger charge is -2.16. The molecule has 0 aromatic heterocycles. The largest absolute Gasteiger partial charge is 0.496 e. The van der Waals surface area contributed by atoms with Crippen LogP contribution in [0.1, 0.15) is 49.0 Å². The Morgan fingerprint density at radius 1 is 1.39 bits per heavy atom. The smallest absolute Gasteiger partial charge is 0.183 e. The van der Waals surface area contributed by atoms with E-state index in [1.165, 1.54) is 0 Å². The molecule has 1 rings (SSSR count). The molecule has 0 saturated heterocycles. The first-order valence-electron chi connectivity index (χ1n) is 6.44. The van der Waals surface area contributed by atoms with Gasteiger partial charge in [0.2, 0.25) is 0 Å². The van der Waals surface area contributed by atoms with Crippen LogP contribution in [-0.2, 0) is 0 Å². The van der Waals surface area contributed by atoms with Gasteiger partial charge in [0, 0.05) is 0 Å². The molecule has 18 heavy (non-hydrogen) atoms. The van der Waals surface area contributed by atoms with E-state index in [-0.39, 0.29) is 11.8 Å². The summed E-state index contributed by atoms with van der Waals surface area (Å²) in [4.78, 5) is 12.4. The summed E-state index contributed by atoms with van der Waals surface area (Å²) in [6.45, 7) is 6.23. The summed E-state index contributed by atoms with van der Waals surface area (Å²) >= 11 is 0. The number of ether oxygens (including phenoxy) is 1. The summed E-state index contributed by atoms with van der Waals surface area (Å²) in [7, 11) is 3.41. The van der Waals surface area contributed by atoms with Crippen molar-refractivity contribution in [2.24, 2.45) is 0 Å². The van der Waals surface area contributed by atoms with E-state index >= 15 is 0 Å². The number of carbonyl (C=O) groups is 1. The molecule has 3 nitrogen and oxygen atoms in total. The van der Waals surface area contributed by atoms with Gasteiger partial charge in [0.15, 0.2) is 5.78 Å². The fraction of sp³-hybridized carbons (Fsp3) is 0.533. The Bertz CT molecular complexity index is 409. The van der Waals surface area contributed by atoms with Crippen LogP contribution < -0.4 is 10.1 Å². The van der Waals surface area contributed by atoms with Crippen molar-refractivity contribution in [1.29, 1.82) is 0 Å². The van der Waals surface area contributed by atoms with Crippen molar-refractivity contribution in [2.75, 3.05) is 14.2 Å². The Kier molecular flexibility index (Phi) is 5.35. The topological polar surface area (TPSA) is 38.3 Å². The van der Waals surface area contributed by atoms with Crippen LogP contribution in [-0.4, -0.2) is 26.0 Å². The van der Waals surface area contributed by atoms with Crippen LogP contribution in [0.2, 0.25) is 0 Å². The first kappa shape index (κ1) is 14.7. The zero-order valence-electron chi connectivity index (χ0n) is 11.9. The van der Waals surface area contributed by atoms with Gasteiger partial charge in [0.1, 0.15) is 5.75 Å². The quantitative estimate of drug-likeness (QED) is 0.788. The number of Topliss-reactive ketones (excluding diaryl/α,β-unsaturated/α-hetero) is 1. The maximum absolute atomic E-state index is 12.4. The molecule has 3 heteroatoms. The standard InChI is InChI=1S/C15H23NO2/c1-6-13(16-4)15(17)12-9-11(10(2)3)7-8-14(12)18-5/h7-10,13,16H,6H2,1-5H3. The SMILES string of the molecule is CCC(NC)C(=O)c1cc(C(C)C)ccc1OC. The minimum Gasteiger partial charge on any atom is -0.496 e. The van der Waals surface area contributed by atoms with Gasteiger partial charge in [-0.2, -0.15) is 0 Å². The molecule has 1 unspecified atom stereocenters. The van der Waals surface area contributed by atoms with Gasteiger partial charge in [-0.3, -0.25) is 4.79 Å². The molecule has 1 atom stereocenters. The Hall–Kier alpha value is -1.35.